The van der Waals surface area contributed by atoms with Crippen LogP contribution < -0.4 is 10.6 Å². The molecule has 2 amide bonds. The van der Waals surface area contributed by atoms with Crippen LogP contribution in [0, 0.1) is 13.8 Å². The molecule has 1 aromatic heterocycles. The zero-order chi connectivity index (χ0) is 19.9. The van der Waals surface area contributed by atoms with Crippen LogP contribution >= 0.6 is 11.3 Å². The Morgan fingerprint density at radius 3 is 2.57 bits per heavy atom. The van der Waals surface area contributed by atoms with E-state index in [0.29, 0.717) is 22.7 Å². The van der Waals surface area contributed by atoms with E-state index >= 15 is 0 Å². The molecule has 3 rings (SSSR count). The molecule has 0 aliphatic heterocycles. The summed E-state index contributed by atoms with van der Waals surface area (Å²) in [5, 5.41) is 7.65. The maximum atomic E-state index is 12.4. The number of hydrogen-bond acceptors (Lipinski definition) is 3. The van der Waals surface area contributed by atoms with Gasteiger partial charge in [0.15, 0.2) is 0 Å². The third-order valence-corrected chi connectivity index (χ3v) is 5.40. The molecule has 2 aromatic carbocycles. The monoisotopic (exact) mass is 392 g/mol. The van der Waals surface area contributed by atoms with Gasteiger partial charge in [-0.15, -0.1) is 11.3 Å². The molecule has 4 nitrogen and oxygen atoms in total. The number of amides is 2. The maximum absolute atomic E-state index is 12.4. The van der Waals surface area contributed by atoms with Crippen molar-refractivity contribution in [1.29, 1.82) is 0 Å². The average Bonchev–Trinajstić information content (AvgIpc) is 3.21. The molecule has 0 unspecified atom stereocenters. The Morgan fingerprint density at radius 2 is 1.82 bits per heavy atom. The van der Waals surface area contributed by atoms with Crippen molar-refractivity contribution in [3.63, 3.8) is 0 Å². The summed E-state index contributed by atoms with van der Waals surface area (Å²) in [6, 6.07) is 17.1. The number of nitrogens with one attached hydrogen (secondary N) is 2. The van der Waals surface area contributed by atoms with Crippen molar-refractivity contribution in [3.05, 3.63) is 87.1 Å². The Labute approximate surface area is 169 Å². The molecule has 2 N–H and O–H groups in total. The van der Waals surface area contributed by atoms with Crippen molar-refractivity contribution in [2.24, 2.45) is 0 Å². The van der Waals surface area contributed by atoms with Gasteiger partial charge < -0.3 is 10.6 Å². The molecule has 0 radical (unpaired) electrons. The van der Waals surface area contributed by atoms with Crippen LogP contribution in [0.5, 0.6) is 0 Å². The summed E-state index contributed by atoms with van der Waals surface area (Å²) < 4.78 is 0. The van der Waals surface area contributed by atoms with E-state index in [0.717, 1.165) is 12.8 Å². The number of anilines is 1. The summed E-state index contributed by atoms with van der Waals surface area (Å²) in [5.74, 6) is -0.297. The minimum atomic E-state index is -0.166. The van der Waals surface area contributed by atoms with Crippen LogP contribution in [0.2, 0.25) is 0 Å². The van der Waals surface area contributed by atoms with Crippen LogP contribution in [0.1, 0.15) is 43.1 Å². The summed E-state index contributed by atoms with van der Waals surface area (Å²) in [6.45, 7) is 4.82. The molecular weight excluding hydrogens is 368 g/mol. The van der Waals surface area contributed by atoms with E-state index in [1.807, 2.05) is 11.4 Å². The fourth-order valence-corrected chi connectivity index (χ4v) is 3.67. The smallest absolute Gasteiger partial charge is 0.265 e. The molecular formula is C23H24N2O2S. The summed E-state index contributed by atoms with van der Waals surface area (Å²) in [4.78, 5) is 25.2. The van der Waals surface area contributed by atoms with Crippen LogP contribution in [0.25, 0.3) is 0 Å². The van der Waals surface area contributed by atoms with Crippen molar-refractivity contribution >= 4 is 28.8 Å². The zero-order valence-electron chi connectivity index (χ0n) is 16.1. The molecule has 5 heteroatoms. The lowest BCUT2D eigenvalue weighted by Gasteiger charge is -2.09. The highest BCUT2D eigenvalue weighted by Crippen LogP contribution is 2.15. The molecule has 3 aromatic rings. The van der Waals surface area contributed by atoms with E-state index < -0.39 is 0 Å². The SMILES string of the molecule is Cc1ccc(CCCNC(=O)c2cccc(NC(=O)c3cccs3)c2)c(C)c1. The van der Waals surface area contributed by atoms with Crippen molar-refractivity contribution < 1.29 is 9.59 Å². The first-order valence-electron chi connectivity index (χ1n) is 9.32. The predicted molar refractivity (Wildman–Crippen MR) is 115 cm³/mol. The molecule has 0 saturated heterocycles. The number of thiophene rings is 1. The lowest BCUT2D eigenvalue weighted by atomic mass is 10.0. The van der Waals surface area contributed by atoms with Gasteiger partial charge in [0.1, 0.15) is 0 Å². The Hall–Kier alpha value is -2.92. The minimum Gasteiger partial charge on any atom is -0.352 e. The first-order chi connectivity index (χ1) is 13.5. The number of hydrogen-bond donors (Lipinski definition) is 2. The highest BCUT2D eigenvalue weighted by molar-refractivity contribution is 7.12. The second kappa shape index (κ2) is 9.33. The molecule has 28 heavy (non-hydrogen) atoms. The summed E-state index contributed by atoms with van der Waals surface area (Å²) in [6.07, 6.45) is 1.81. The van der Waals surface area contributed by atoms with Gasteiger partial charge in [0, 0.05) is 17.8 Å². The lowest BCUT2D eigenvalue weighted by molar-refractivity contribution is 0.0952. The summed E-state index contributed by atoms with van der Waals surface area (Å²) >= 11 is 1.38. The summed E-state index contributed by atoms with van der Waals surface area (Å²) in [7, 11) is 0. The first-order valence-corrected chi connectivity index (χ1v) is 10.2. The predicted octanol–water partition coefficient (Wildman–Crippen LogP) is 4.98. The Bertz CT molecular complexity index is 964. The van der Waals surface area contributed by atoms with Gasteiger partial charge in [-0.1, -0.05) is 35.9 Å². The van der Waals surface area contributed by atoms with Gasteiger partial charge in [-0.2, -0.15) is 0 Å². The molecule has 1 heterocycles. The van der Waals surface area contributed by atoms with Gasteiger partial charge in [0.05, 0.1) is 4.88 Å². The number of benzene rings is 2. The first kappa shape index (κ1) is 19.8. The Kier molecular flexibility index (Phi) is 6.61. The summed E-state index contributed by atoms with van der Waals surface area (Å²) in [5.41, 5.74) is 5.02. The topological polar surface area (TPSA) is 58.2 Å². The van der Waals surface area contributed by atoms with Crippen molar-refractivity contribution in [2.45, 2.75) is 26.7 Å². The Morgan fingerprint density at radius 1 is 0.964 bits per heavy atom. The van der Waals surface area contributed by atoms with E-state index in [1.165, 1.54) is 28.0 Å². The standard InChI is InChI=1S/C23H24N2O2S/c1-16-10-11-18(17(2)14-16)7-4-12-24-22(26)19-6-3-8-20(15-19)25-23(27)21-9-5-13-28-21/h3,5-6,8-11,13-15H,4,7,12H2,1-2H3,(H,24,26)(H,25,27). The molecule has 144 valence electrons. The number of rotatable bonds is 7. The molecule has 0 aliphatic rings. The lowest BCUT2D eigenvalue weighted by Crippen LogP contribution is -2.25. The number of carbonyl (C=O) groups is 2. The highest BCUT2D eigenvalue weighted by atomic mass is 32.1. The molecule has 0 spiro atoms. The van der Waals surface area contributed by atoms with Gasteiger partial charge in [-0.3, -0.25) is 9.59 Å². The average molecular weight is 393 g/mol. The Balaban J connectivity index is 1.51. The molecule has 0 atom stereocenters. The number of carbonyl (C=O) groups excluding carboxylic acids is 2. The third-order valence-electron chi connectivity index (χ3n) is 4.53. The number of aryl methyl sites for hydroxylation is 3. The van der Waals surface area contributed by atoms with Crippen LogP contribution in [0.15, 0.2) is 60.0 Å². The van der Waals surface area contributed by atoms with E-state index in [-0.39, 0.29) is 11.8 Å². The third kappa shape index (κ3) is 5.30. The zero-order valence-corrected chi connectivity index (χ0v) is 16.9. The van der Waals surface area contributed by atoms with Gasteiger partial charge in [-0.25, -0.2) is 0 Å². The van der Waals surface area contributed by atoms with Crippen LogP contribution in [0.3, 0.4) is 0 Å². The quantitative estimate of drug-likeness (QED) is 0.557. The second-order valence-electron chi connectivity index (χ2n) is 6.80. The molecule has 0 saturated carbocycles. The minimum absolute atomic E-state index is 0.132. The largest absolute Gasteiger partial charge is 0.352 e. The molecule has 0 bridgehead atoms. The van der Waals surface area contributed by atoms with Crippen LogP contribution in [-0.2, 0) is 6.42 Å². The van der Waals surface area contributed by atoms with E-state index in [2.05, 4.69) is 42.7 Å². The fourth-order valence-electron chi connectivity index (χ4n) is 3.05. The molecule has 0 aliphatic carbocycles. The highest BCUT2D eigenvalue weighted by Gasteiger charge is 2.10. The van der Waals surface area contributed by atoms with Crippen LogP contribution in [0.4, 0.5) is 5.69 Å². The molecule has 0 fully saturated rings. The van der Waals surface area contributed by atoms with E-state index in [1.54, 1.807) is 30.3 Å². The van der Waals surface area contributed by atoms with Crippen molar-refractivity contribution in [2.75, 3.05) is 11.9 Å². The normalized spacial score (nSPS) is 10.5. The van der Waals surface area contributed by atoms with E-state index in [4.69, 9.17) is 0 Å². The van der Waals surface area contributed by atoms with Gasteiger partial charge in [-0.05, 0) is 67.5 Å². The van der Waals surface area contributed by atoms with Crippen molar-refractivity contribution in [1.82, 2.24) is 5.32 Å². The maximum Gasteiger partial charge on any atom is 0.265 e. The van der Waals surface area contributed by atoms with Crippen molar-refractivity contribution in [3.8, 4) is 0 Å². The van der Waals surface area contributed by atoms with E-state index in [9.17, 15) is 9.59 Å². The second-order valence-corrected chi connectivity index (χ2v) is 7.75. The van der Waals surface area contributed by atoms with Gasteiger partial charge >= 0.3 is 0 Å². The van der Waals surface area contributed by atoms with Gasteiger partial charge in [0.25, 0.3) is 11.8 Å². The van der Waals surface area contributed by atoms with Gasteiger partial charge in [0.2, 0.25) is 0 Å². The fraction of sp³-hybridized carbons (Fsp3) is 0.217. The van der Waals surface area contributed by atoms with Crippen LogP contribution in [-0.4, -0.2) is 18.4 Å².